The number of aromatic nitrogens is 3. The summed E-state index contributed by atoms with van der Waals surface area (Å²) in [5.74, 6) is 0. The van der Waals surface area contributed by atoms with Crippen LogP contribution in [0.1, 0.15) is 24.5 Å². The zero-order chi connectivity index (χ0) is 12.1. The number of hydrogen-bond donors (Lipinski definition) is 1. The number of imidazole rings is 1. The third-order valence-corrected chi connectivity index (χ3v) is 3.62. The number of thiazole rings is 1. The summed E-state index contributed by atoms with van der Waals surface area (Å²) in [4.78, 5) is 8.57. The van der Waals surface area contributed by atoms with Gasteiger partial charge in [0.05, 0.1) is 17.0 Å². The maximum absolute atomic E-state index is 4.53. The highest BCUT2D eigenvalue weighted by Gasteiger charge is 2.04. The molecule has 0 aliphatic heterocycles. The van der Waals surface area contributed by atoms with Crippen molar-refractivity contribution in [3.8, 4) is 0 Å². The fraction of sp³-hybridized carbons (Fsp3) is 0.500. The first kappa shape index (κ1) is 12.3. The van der Waals surface area contributed by atoms with Gasteiger partial charge in [0.1, 0.15) is 0 Å². The van der Waals surface area contributed by atoms with Gasteiger partial charge in [-0.2, -0.15) is 0 Å². The Bertz CT molecular complexity index is 435. The summed E-state index contributed by atoms with van der Waals surface area (Å²) < 4.78 is 2.08. The molecule has 0 amide bonds. The monoisotopic (exact) mass is 250 g/mol. The van der Waals surface area contributed by atoms with Crippen molar-refractivity contribution in [1.29, 1.82) is 0 Å². The lowest BCUT2D eigenvalue weighted by Crippen LogP contribution is -2.29. The molecular formula is C12H18N4S. The number of rotatable bonds is 6. The quantitative estimate of drug-likeness (QED) is 0.853. The molecule has 2 rings (SSSR count). The predicted octanol–water partition coefficient (Wildman–Crippen LogP) is 2.08. The molecule has 0 aliphatic rings. The van der Waals surface area contributed by atoms with Crippen molar-refractivity contribution in [2.75, 3.05) is 0 Å². The van der Waals surface area contributed by atoms with Gasteiger partial charge in [-0.15, -0.1) is 11.3 Å². The molecule has 0 saturated heterocycles. The Morgan fingerprint density at radius 2 is 2.41 bits per heavy atom. The summed E-state index contributed by atoms with van der Waals surface area (Å²) in [6.07, 6.45) is 6.66. The van der Waals surface area contributed by atoms with Crippen molar-refractivity contribution < 1.29 is 0 Å². The second-order valence-electron chi connectivity index (χ2n) is 4.13. The lowest BCUT2D eigenvalue weighted by Gasteiger charge is -2.13. The molecule has 0 saturated carbocycles. The van der Waals surface area contributed by atoms with Gasteiger partial charge in [-0.05, 0) is 13.3 Å². The maximum atomic E-state index is 4.53. The van der Waals surface area contributed by atoms with E-state index in [0.717, 1.165) is 25.2 Å². The first-order valence-corrected chi connectivity index (χ1v) is 6.78. The highest BCUT2D eigenvalue weighted by atomic mass is 32.1. The Kier molecular flexibility index (Phi) is 4.28. The summed E-state index contributed by atoms with van der Waals surface area (Å²) in [7, 11) is 0. The van der Waals surface area contributed by atoms with Gasteiger partial charge < -0.3 is 9.88 Å². The van der Waals surface area contributed by atoms with Crippen molar-refractivity contribution in [3.05, 3.63) is 34.8 Å². The second-order valence-corrected chi connectivity index (χ2v) is 5.07. The van der Waals surface area contributed by atoms with E-state index in [1.54, 1.807) is 17.5 Å². The predicted molar refractivity (Wildman–Crippen MR) is 70.0 cm³/mol. The standard InChI is InChI=1S/C12H18N4S/c1-3-12-15-11(8-17-12)6-14-10(2)7-16-5-4-13-9-16/h4-5,8-10,14H,3,6-7H2,1-2H3. The van der Waals surface area contributed by atoms with Crippen molar-refractivity contribution in [1.82, 2.24) is 19.9 Å². The minimum absolute atomic E-state index is 0.413. The van der Waals surface area contributed by atoms with Gasteiger partial charge in [0.25, 0.3) is 0 Å². The second kappa shape index (κ2) is 5.93. The SMILES string of the molecule is CCc1nc(CNC(C)Cn2ccnc2)cs1. The molecule has 1 atom stereocenters. The van der Waals surface area contributed by atoms with Gasteiger partial charge in [0.2, 0.25) is 0 Å². The van der Waals surface area contributed by atoms with E-state index in [-0.39, 0.29) is 0 Å². The molecule has 1 N–H and O–H groups in total. The normalized spacial score (nSPS) is 12.8. The number of aryl methyl sites for hydroxylation is 1. The Morgan fingerprint density at radius 1 is 1.53 bits per heavy atom. The Morgan fingerprint density at radius 3 is 3.06 bits per heavy atom. The Labute approximate surface area is 106 Å². The zero-order valence-electron chi connectivity index (χ0n) is 10.3. The van der Waals surface area contributed by atoms with E-state index in [4.69, 9.17) is 0 Å². The van der Waals surface area contributed by atoms with Crippen LogP contribution in [-0.4, -0.2) is 20.6 Å². The molecule has 5 heteroatoms. The third-order valence-electron chi connectivity index (χ3n) is 2.58. The number of nitrogens with one attached hydrogen (secondary N) is 1. The molecule has 2 aromatic heterocycles. The van der Waals surface area contributed by atoms with E-state index in [2.05, 4.69) is 39.1 Å². The summed E-state index contributed by atoms with van der Waals surface area (Å²) >= 11 is 1.74. The van der Waals surface area contributed by atoms with Gasteiger partial charge in [-0.25, -0.2) is 9.97 Å². The summed E-state index contributed by atoms with van der Waals surface area (Å²) in [6.45, 7) is 6.09. The van der Waals surface area contributed by atoms with E-state index in [1.165, 1.54) is 5.01 Å². The summed E-state index contributed by atoms with van der Waals surface area (Å²) in [5.41, 5.74) is 1.14. The molecule has 2 heterocycles. The van der Waals surface area contributed by atoms with Crippen LogP contribution in [0.2, 0.25) is 0 Å². The number of nitrogens with zero attached hydrogens (tertiary/aromatic N) is 3. The largest absolute Gasteiger partial charge is 0.336 e. The fourth-order valence-corrected chi connectivity index (χ4v) is 2.39. The molecule has 1 unspecified atom stereocenters. The third kappa shape index (κ3) is 3.64. The first-order valence-electron chi connectivity index (χ1n) is 5.90. The molecule has 0 bridgehead atoms. The van der Waals surface area contributed by atoms with Crippen LogP contribution < -0.4 is 5.32 Å². The van der Waals surface area contributed by atoms with E-state index >= 15 is 0 Å². The number of hydrogen-bond acceptors (Lipinski definition) is 4. The van der Waals surface area contributed by atoms with Gasteiger partial charge in [0, 0.05) is 36.9 Å². The topological polar surface area (TPSA) is 42.7 Å². The molecule has 92 valence electrons. The molecule has 2 aromatic rings. The van der Waals surface area contributed by atoms with Crippen LogP contribution in [0.15, 0.2) is 24.1 Å². The van der Waals surface area contributed by atoms with Crippen LogP contribution in [-0.2, 0) is 19.5 Å². The smallest absolute Gasteiger partial charge is 0.0946 e. The van der Waals surface area contributed by atoms with E-state index in [1.807, 2.05) is 12.5 Å². The molecule has 0 fully saturated rings. The lowest BCUT2D eigenvalue weighted by atomic mass is 10.3. The van der Waals surface area contributed by atoms with Gasteiger partial charge in [-0.3, -0.25) is 0 Å². The highest BCUT2D eigenvalue weighted by Crippen LogP contribution is 2.10. The maximum Gasteiger partial charge on any atom is 0.0946 e. The highest BCUT2D eigenvalue weighted by molar-refractivity contribution is 7.09. The van der Waals surface area contributed by atoms with Crippen molar-refractivity contribution in [3.63, 3.8) is 0 Å². The first-order chi connectivity index (χ1) is 8.28. The van der Waals surface area contributed by atoms with Crippen LogP contribution in [0, 0.1) is 0 Å². The van der Waals surface area contributed by atoms with Gasteiger partial charge in [-0.1, -0.05) is 6.92 Å². The van der Waals surface area contributed by atoms with Crippen molar-refractivity contribution in [2.24, 2.45) is 0 Å². The average Bonchev–Trinajstić information content (AvgIpc) is 2.96. The van der Waals surface area contributed by atoms with Crippen LogP contribution in [0.25, 0.3) is 0 Å². The van der Waals surface area contributed by atoms with Crippen LogP contribution in [0.3, 0.4) is 0 Å². The molecule has 17 heavy (non-hydrogen) atoms. The van der Waals surface area contributed by atoms with Gasteiger partial charge >= 0.3 is 0 Å². The Balaban J connectivity index is 1.77. The molecule has 0 aromatic carbocycles. The van der Waals surface area contributed by atoms with Gasteiger partial charge in [0.15, 0.2) is 0 Å². The van der Waals surface area contributed by atoms with Crippen LogP contribution in [0.4, 0.5) is 0 Å². The lowest BCUT2D eigenvalue weighted by molar-refractivity contribution is 0.473. The van der Waals surface area contributed by atoms with Crippen LogP contribution in [0.5, 0.6) is 0 Å². The molecule has 0 radical (unpaired) electrons. The average molecular weight is 250 g/mol. The van der Waals surface area contributed by atoms with Crippen molar-refractivity contribution >= 4 is 11.3 Å². The summed E-state index contributed by atoms with van der Waals surface area (Å²) in [6, 6.07) is 0.413. The minimum Gasteiger partial charge on any atom is -0.336 e. The molecule has 4 nitrogen and oxygen atoms in total. The van der Waals surface area contributed by atoms with Crippen LogP contribution >= 0.6 is 11.3 Å². The minimum atomic E-state index is 0.413. The Hall–Kier alpha value is -1.20. The van der Waals surface area contributed by atoms with E-state index < -0.39 is 0 Å². The molecular weight excluding hydrogens is 232 g/mol. The van der Waals surface area contributed by atoms with E-state index in [9.17, 15) is 0 Å². The van der Waals surface area contributed by atoms with E-state index in [0.29, 0.717) is 6.04 Å². The summed E-state index contributed by atoms with van der Waals surface area (Å²) in [5, 5.41) is 6.82. The molecule has 0 aliphatic carbocycles. The van der Waals surface area contributed by atoms with Crippen molar-refractivity contribution in [2.45, 2.75) is 39.4 Å². The fourth-order valence-electron chi connectivity index (χ4n) is 1.65. The molecule has 0 spiro atoms. The zero-order valence-corrected chi connectivity index (χ0v) is 11.1.